The van der Waals surface area contributed by atoms with Crippen LogP contribution in [0.25, 0.3) is 0 Å². The van der Waals surface area contributed by atoms with Gasteiger partial charge in [-0.25, -0.2) is 0 Å². The van der Waals surface area contributed by atoms with Crippen molar-refractivity contribution in [3.63, 3.8) is 0 Å². The van der Waals surface area contributed by atoms with E-state index in [1.165, 1.54) is 12.8 Å². The van der Waals surface area contributed by atoms with E-state index in [1.807, 2.05) is 31.2 Å². The van der Waals surface area contributed by atoms with Crippen LogP contribution in [0.2, 0.25) is 0 Å². The Bertz CT molecular complexity index is 504. The van der Waals surface area contributed by atoms with Gasteiger partial charge in [-0.3, -0.25) is 4.79 Å². The number of hydrogen-bond donors (Lipinski definition) is 2. The zero-order valence-electron chi connectivity index (χ0n) is 11.9. The van der Waals surface area contributed by atoms with Crippen LogP contribution < -0.4 is 5.32 Å². The smallest absolute Gasteiger partial charge is 0.223 e. The van der Waals surface area contributed by atoms with Crippen LogP contribution in [0.5, 0.6) is 0 Å². The number of amides is 1. The van der Waals surface area contributed by atoms with Crippen molar-refractivity contribution in [2.24, 2.45) is 5.92 Å². The summed E-state index contributed by atoms with van der Waals surface area (Å²) in [5, 5.41) is 11.7. The Morgan fingerprint density at radius 1 is 1.35 bits per heavy atom. The highest BCUT2D eigenvalue weighted by molar-refractivity contribution is 5.79. The highest BCUT2D eigenvalue weighted by atomic mass is 16.2. The van der Waals surface area contributed by atoms with Crippen molar-refractivity contribution >= 4 is 5.91 Å². The maximum Gasteiger partial charge on any atom is 0.223 e. The summed E-state index contributed by atoms with van der Waals surface area (Å²) in [6, 6.07) is 7.79. The molecule has 1 aromatic carbocycles. The summed E-state index contributed by atoms with van der Waals surface area (Å²) in [4.78, 5) is 12.1. The number of carbonyl (C=O) groups is 1. The molecule has 106 valence electrons. The maximum atomic E-state index is 12.1. The van der Waals surface area contributed by atoms with Gasteiger partial charge in [-0.05, 0) is 37.5 Å². The summed E-state index contributed by atoms with van der Waals surface area (Å²) in [6.45, 7) is 1.87. The van der Waals surface area contributed by atoms with Gasteiger partial charge in [0.1, 0.15) is 6.61 Å². The topological polar surface area (TPSA) is 49.3 Å². The Hall–Kier alpha value is -1.79. The zero-order chi connectivity index (χ0) is 14.4. The fourth-order valence-electron chi connectivity index (χ4n) is 2.60. The summed E-state index contributed by atoms with van der Waals surface area (Å²) < 4.78 is 0. The van der Waals surface area contributed by atoms with Crippen LogP contribution in [0.3, 0.4) is 0 Å². The molecule has 1 unspecified atom stereocenters. The molecule has 3 nitrogen and oxygen atoms in total. The molecule has 1 fully saturated rings. The van der Waals surface area contributed by atoms with Gasteiger partial charge in [-0.1, -0.05) is 36.8 Å². The minimum atomic E-state index is -0.129. The summed E-state index contributed by atoms with van der Waals surface area (Å²) in [5.74, 6) is 5.86. The average molecular weight is 271 g/mol. The van der Waals surface area contributed by atoms with E-state index in [0.29, 0.717) is 0 Å². The third kappa shape index (κ3) is 3.85. The standard InChI is InChI=1S/C17H21NO2/c1-13(18-17(20)16-6-2-3-7-16)15-10-8-14(9-11-15)5-4-12-19/h8-11,13,16,19H,2-3,6-7,12H2,1H3,(H,18,20). The summed E-state index contributed by atoms with van der Waals surface area (Å²) in [6.07, 6.45) is 4.39. The van der Waals surface area contributed by atoms with E-state index in [0.717, 1.165) is 24.0 Å². The molecular formula is C17H21NO2. The summed E-state index contributed by atoms with van der Waals surface area (Å²) >= 11 is 0. The van der Waals surface area contributed by atoms with Crippen LogP contribution in [0.4, 0.5) is 0 Å². The molecule has 0 heterocycles. The number of aliphatic hydroxyl groups is 1. The molecule has 2 rings (SSSR count). The molecule has 0 aromatic heterocycles. The van der Waals surface area contributed by atoms with Gasteiger partial charge in [0.25, 0.3) is 0 Å². The Morgan fingerprint density at radius 2 is 2.00 bits per heavy atom. The van der Waals surface area contributed by atoms with Gasteiger partial charge in [0.2, 0.25) is 5.91 Å². The number of carbonyl (C=O) groups excluding carboxylic acids is 1. The molecule has 1 saturated carbocycles. The van der Waals surface area contributed by atoms with E-state index in [9.17, 15) is 4.79 Å². The Morgan fingerprint density at radius 3 is 2.60 bits per heavy atom. The lowest BCUT2D eigenvalue weighted by Crippen LogP contribution is -2.31. The van der Waals surface area contributed by atoms with Gasteiger partial charge < -0.3 is 10.4 Å². The van der Waals surface area contributed by atoms with Gasteiger partial charge in [0.05, 0.1) is 6.04 Å². The first kappa shape index (κ1) is 14.6. The first-order valence-electron chi connectivity index (χ1n) is 7.21. The van der Waals surface area contributed by atoms with Crippen molar-refractivity contribution in [2.75, 3.05) is 6.61 Å². The third-order valence-electron chi connectivity index (χ3n) is 3.81. The van der Waals surface area contributed by atoms with Gasteiger partial charge in [0, 0.05) is 11.5 Å². The van der Waals surface area contributed by atoms with Gasteiger partial charge in [-0.2, -0.15) is 0 Å². The van der Waals surface area contributed by atoms with E-state index >= 15 is 0 Å². The molecule has 3 heteroatoms. The molecule has 2 N–H and O–H groups in total. The van der Waals surface area contributed by atoms with Crippen LogP contribution in [-0.2, 0) is 4.79 Å². The highest BCUT2D eigenvalue weighted by Gasteiger charge is 2.23. The molecule has 0 radical (unpaired) electrons. The Balaban J connectivity index is 1.94. The largest absolute Gasteiger partial charge is 0.384 e. The summed E-state index contributed by atoms with van der Waals surface area (Å²) in [5.41, 5.74) is 1.95. The van der Waals surface area contributed by atoms with Crippen LogP contribution in [0.15, 0.2) is 24.3 Å². The second-order valence-electron chi connectivity index (χ2n) is 5.29. The predicted octanol–water partition coefficient (Wildman–Crippen LogP) is 2.40. The fourth-order valence-corrected chi connectivity index (χ4v) is 2.60. The lowest BCUT2D eigenvalue weighted by molar-refractivity contribution is -0.125. The molecule has 1 aliphatic carbocycles. The van der Waals surface area contributed by atoms with Crippen molar-refractivity contribution in [1.82, 2.24) is 5.32 Å². The molecule has 0 spiro atoms. The number of benzene rings is 1. The van der Waals surface area contributed by atoms with Crippen LogP contribution >= 0.6 is 0 Å². The second-order valence-corrected chi connectivity index (χ2v) is 5.29. The van der Waals surface area contributed by atoms with Crippen molar-refractivity contribution in [1.29, 1.82) is 0 Å². The van der Waals surface area contributed by atoms with E-state index in [4.69, 9.17) is 5.11 Å². The zero-order valence-corrected chi connectivity index (χ0v) is 11.9. The molecule has 1 aliphatic rings. The first-order chi connectivity index (χ1) is 9.70. The van der Waals surface area contributed by atoms with Crippen molar-refractivity contribution < 1.29 is 9.90 Å². The van der Waals surface area contributed by atoms with Gasteiger partial charge in [0.15, 0.2) is 0 Å². The minimum Gasteiger partial charge on any atom is -0.384 e. The molecule has 0 bridgehead atoms. The van der Waals surface area contributed by atoms with Crippen molar-refractivity contribution in [3.05, 3.63) is 35.4 Å². The van der Waals surface area contributed by atoms with Crippen molar-refractivity contribution in [2.45, 2.75) is 38.6 Å². The van der Waals surface area contributed by atoms with Crippen molar-refractivity contribution in [3.8, 4) is 11.8 Å². The minimum absolute atomic E-state index is 0.0166. The number of rotatable bonds is 3. The normalized spacial score (nSPS) is 16.3. The number of nitrogens with one attached hydrogen (secondary N) is 1. The van der Waals surface area contributed by atoms with E-state index in [1.54, 1.807) is 0 Å². The molecule has 1 aromatic rings. The van der Waals surface area contributed by atoms with Crippen LogP contribution in [-0.4, -0.2) is 17.6 Å². The van der Waals surface area contributed by atoms with Crippen LogP contribution in [0.1, 0.15) is 49.8 Å². The Kier molecular flexibility index (Phi) is 5.20. The summed E-state index contributed by atoms with van der Waals surface area (Å²) in [7, 11) is 0. The fraction of sp³-hybridized carbons (Fsp3) is 0.471. The molecule has 1 amide bonds. The van der Waals surface area contributed by atoms with Gasteiger partial charge in [-0.15, -0.1) is 0 Å². The lowest BCUT2D eigenvalue weighted by atomic mass is 10.0. The monoisotopic (exact) mass is 271 g/mol. The van der Waals surface area contributed by atoms with E-state index in [2.05, 4.69) is 17.2 Å². The average Bonchev–Trinajstić information content (AvgIpc) is 3.00. The van der Waals surface area contributed by atoms with Crippen LogP contribution in [0, 0.1) is 17.8 Å². The Labute approximate surface area is 120 Å². The molecule has 20 heavy (non-hydrogen) atoms. The predicted molar refractivity (Wildman–Crippen MR) is 78.9 cm³/mol. The number of aliphatic hydroxyl groups excluding tert-OH is 1. The first-order valence-corrected chi connectivity index (χ1v) is 7.21. The SMILES string of the molecule is CC(NC(=O)C1CCCC1)c1ccc(C#CCO)cc1. The maximum absolute atomic E-state index is 12.1. The molecule has 0 aliphatic heterocycles. The molecule has 1 atom stereocenters. The second kappa shape index (κ2) is 7.12. The number of hydrogen-bond acceptors (Lipinski definition) is 2. The van der Waals surface area contributed by atoms with E-state index in [-0.39, 0.29) is 24.5 Å². The third-order valence-corrected chi connectivity index (χ3v) is 3.81. The lowest BCUT2D eigenvalue weighted by Gasteiger charge is -2.17. The molecular weight excluding hydrogens is 250 g/mol. The highest BCUT2D eigenvalue weighted by Crippen LogP contribution is 2.25. The van der Waals surface area contributed by atoms with E-state index < -0.39 is 0 Å². The molecule has 0 saturated heterocycles. The quantitative estimate of drug-likeness (QED) is 0.829. The van der Waals surface area contributed by atoms with Gasteiger partial charge >= 0.3 is 0 Å².